The highest BCUT2D eigenvalue weighted by Crippen LogP contribution is 2.33. The fourth-order valence-electron chi connectivity index (χ4n) is 1.27. The molecule has 78 valence electrons. The van der Waals surface area contributed by atoms with E-state index < -0.39 is 0 Å². The predicted octanol–water partition coefficient (Wildman–Crippen LogP) is 3.34. The van der Waals surface area contributed by atoms with Gasteiger partial charge in [-0.1, -0.05) is 37.6 Å². The van der Waals surface area contributed by atoms with E-state index in [0.29, 0.717) is 11.8 Å². The van der Waals surface area contributed by atoms with E-state index in [0.717, 1.165) is 11.4 Å². The lowest BCUT2D eigenvalue weighted by Gasteiger charge is -2.12. The van der Waals surface area contributed by atoms with E-state index in [1.807, 2.05) is 12.1 Å². The molecule has 0 aliphatic rings. The van der Waals surface area contributed by atoms with E-state index in [1.165, 1.54) is 10.5 Å². The largest absolute Gasteiger partial charge is 0.330 e. The zero-order chi connectivity index (χ0) is 10.6. The molecule has 0 heterocycles. The van der Waals surface area contributed by atoms with E-state index in [4.69, 9.17) is 17.3 Å². The van der Waals surface area contributed by atoms with Crippen LogP contribution in [0.5, 0.6) is 0 Å². The van der Waals surface area contributed by atoms with Crippen LogP contribution in [0.15, 0.2) is 23.1 Å². The van der Waals surface area contributed by atoms with Crippen LogP contribution in [0.1, 0.15) is 19.4 Å². The second-order valence-electron chi connectivity index (χ2n) is 3.43. The van der Waals surface area contributed by atoms with Crippen LogP contribution >= 0.6 is 23.4 Å². The summed E-state index contributed by atoms with van der Waals surface area (Å²) in [6.45, 7) is 5.01. The average Bonchev–Trinajstić information content (AvgIpc) is 2.11. The second kappa shape index (κ2) is 5.64. The first kappa shape index (κ1) is 11.9. The molecule has 1 aromatic rings. The van der Waals surface area contributed by atoms with Gasteiger partial charge >= 0.3 is 0 Å². The summed E-state index contributed by atoms with van der Waals surface area (Å²) < 4.78 is 0. The van der Waals surface area contributed by atoms with Crippen molar-refractivity contribution in [1.82, 2.24) is 0 Å². The number of rotatable bonds is 4. The van der Waals surface area contributed by atoms with E-state index >= 15 is 0 Å². The third-order valence-corrected chi connectivity index (χ3v) is 3.43. The molecule has 0 aliphatic carbocycles. The highest BCUT2D eigenvalue weighted by atomic mass is 35.5. The van der Waals surface area contributed by atoms with Crippen molar-refractivity contribution in [3.05, 3.63) is 28.8 Å². The van der Waals surface area contributed by atoms with Crippen LogP contribution < -0.4 is 5.73 Å². The number of halogens is 1. The van der Waals surface area contributed by atoms with Crippen molar-refractivity contribution in [2.24, 2.45) is 5.73 Å². The molecule has 0 saturated heterocycles. The van der Waals surface area contributed by atoms with E-state index in [2.05, 4.69) is 19.9 Å². The number of hydrogen-bond acceptors (Lipinski definition) is 2. The molecule has 0 unspecified atom stereocenters. The summed E-state index contributed by atoms with van der Waals surface area (Å²) in [5, 5.41) is 1.39. The lowest BCUT2D eigenvalue weighted by Crippen LogP contribution is -2.04. The lowest BCUT2D eigenvalue weighted by molar-refractivity contribution is 0.942. The Morgan fingerprint density at radius 1 is 1.43 bits per heavy atom. The molecule has 0 spiro atoms. The van der Waals surface area contributed by atoms with Crippen LogP contribution in [0.2, 0.25) is 5.02 Å². The standard InChI is InChI=1S/C11H16ClNS/c1-8(2)14-11-9(6-7-13)4-3-5-10(11)12/h3-5,8H,6-7,13H2,1-2H3. The monoisotopic (exact) mass is 229 g/mol. The molecule has 1 aromatic carbocycles. The van der Waals surface area contributed by atoms with Gasteiger partial charge < -0.3 is 5.73 Å². The molecule has 0 radical (unpaired) electrons. The predicted molar refractivity (Wildman–Crippen MR) is 65.2 cm³/mol. The van der Waals surface area contributed by atoms with Gasteiger partial charge in [0.25, 0.3) is 0 Å². The van der Waals surface area contributed by atoms with Crippen molar-refractivity contribution < 1.29 is 0 Å². The highest BCUT2D eigenvalue weighted by molar-refractivity contribution is 8.00. The van der Waals surface area contributed by atoms with Crippen molar-refractivity contribution in [2.75, 3.05) is 6.54 Å². The summed E-state index contributed by atoms with van der Waals surface area (Å²) in [4.78, 5) is 1.19. The molecule has 1 rings (SSSR count). The molecule has 0 saturated carbocycles. The third kappa shape index (κ3) is 3.19. The van der Waals surface area contributed by atoms with Crippen LogP contribution in [0.3, 0.4) is 0 Å². The normalized spacial score (nSPS) is 10.9. The summed E-state index contributed by atoms with van der Waals surface area (Å²) in [6.07, 6.45) is 0.898. The smallest absolute Gasteiger partial charge is 0.0544 e. The molecule has 0 aliphatic heterocycles. The van der Waals surface area contributed by atoms with Crippen LogP contribution in [-0.2, 0) is 6.42 Å². The molecule has 0 fully saturated rings. The third-order valence-electron chi connectivity index (χ3n) is 1.82. The minimum absolute atomic E-state index is 0.548. The second-order valence-corrected chi connectivity index (χ2v) is 5.43. The van der Waals surface area contributed by atoms with Crippen molar-refractivity contribution in [2.45, 2.75) is 30.4 Å². The molecular weight excluding hydrogens is 214 g/mol. The van der Waals surface area contributed by atoms with Crippen LogP contribution in [0.4, 0.5) is 0 Å². The van der Waals surface area contributed by atoms with Crippen LogP contribution in [0, 0.1) is 0 Å². The summed E-state index contributed by atoms with van der Waals surface area (Å²) in [5.74, 6) is 0. The fraction of sp³-hybridized carbons (Fsp3) is 0.455. The summed E-state index contributed by atoms with van der Waals surface area (Å²) in [7, 11) is 0. The molecule has 2 N–H and O–H groups in total. The maximum atomic E-state index is 6.15. The van der Waals surface area contributed by atoms with E-state index in [9.17, 15) is 0 Å². The van der Waals surface area contributed by atoms with Crippen molar-refractivity contribution >= 4 is 23.4 Å². The first-order valence-electron chi connectivity index (χ1n) is 4.79. The fourth-order valence-corrected chi connectivity index (χ4v) is 2.57. The Kier molecular flexibility index (Phi) is 4.79. The molecule has 0 bridgehead atoms. The maximum Gasteiger partial charge on any atom is 0.0544 e. The molecule has 0 amide bonds. The number of benzene rings is 1. The van der Waals surface area contributed by atoms with Crippen molar-refractivity contribution in [1.29, 1.82) is 0 Å². The van der Waals surface area contributed by atoms with Gasteiger partial charge in [-0.3, -0.25) is 0 Å². The Hall–Kier alpha value is -0.180. The maximum absolute atomic E-state index is 6.15. The molecule has 1 nitrogen and oxygen atoms in total. The van der Waals surface area contributed by atoms with Gasteiger partial charge in [0, 0.05) is 10.1 Å². The highest BCUT2D eigenvalue weighted by Gasteiger charge is 2.08. The Morgan fingerprint density at radius 2 is 2.14 bits per heavy atom. The zero-order valence-corrected chi connectivity index (χ0v) is 10.2. The zero-order valence-electron chi connectivity index (χ0n) is 8.59. The Morgan fingerprint density at radius 3 is 2.71 bits per heavy atom. The van der Waals surface area contributed by atoms with Crippen LogP contribution in [-0.4, -0.2) is 11.8 Å². The average molecular weight is 230 g/mol. The molecule has 0 atom stereocenters. The van der Waals surface area contributed by atoms with Crippen LogP contribution in [0.25, 0.3) is 0 Å². The SMILES string of the molecule is CC(C)Sc1c(Cl)cccc1CCN. The minimum atomic E-state index is 0.548. The summed E-state index contributed by atoms with van der Waals surface area (Å²) >= 11 is 7.95. The molecule has 14 heavy (non-hydrogen) atoms. The quantitative estimate of drug-likeness (QED) is 0.802. The van der Waals surface area contributed by atoms with Crippen molar-refractivity contribution in [3.63, 3.8) is 0 Å². The van der Waals surface area contributed by atoms with Gasteiger partial charge in [0.05, 0.1) is 5.02 Å². The van der Waals surface area contributed by atoms with E-state index in [1.54, 1.807) is 11.8 Å². The Bertz CT molecular complexity index is 299. The minimum Gasteiger partial charge on any atom is -0.330 e. The van der Waals surface area contributed by atoms with Gasteiger partial charge in [-0.05, 0) is 24.6 Å². The lowest BCUT2D eigenvalue weighted by atomic mass is 10.1. The van der Waals surface area contributed by atoms with Gasteiger partial charge in [-0.2, -0.15) is 0 Å². The first-order chi connectivity index (χ1) is 6.65. The summed E-state index contributed by atoms with van der Waals surface area (Å²) in [6, 6.07) is 6.02. The van der Waals surface area contributed by atoms with Gasteiger partial charge in [-0.15, -0.1) is 11.8 Å². The van der Waals surface area contributed by atoms with Gasteiger partial charge in [0.2, 0.25) is 0 Å². The Labute approximate surface area is 95.0 Å². The molecule has 0 aromatic heterocycles. The van der Waals surface area contributed by atoms with E-state index in [-0.39, 0.29) is 0 Å². The van der Waals surface area contributed by atoms with Gasteiger partial charge in [0.1, 0.15) is 0 Å². The number of nitrogens with two attached hydrogens (primary N) is 1. The Balaban J connectivity index is 2.96. The summed E-state index contributed by atoms with van der Waals surface area (Å²) in [5.41, 5.74) is 6.82. The molecule has 3 heteroatoms. The topological polar surface area (TPSA) is 26.0 Å². The molecular formula is C11H16ClNS. The van der Waals surface area contributed by atoms with Gasteiger partial charge in [0.15, 0.2) is 0 Å². The van der Waals surface area contributed by atoms with Crippen molar-refractivity contribution in [3.8, 4) is 0 Å². The first-order valence-corrected chi connectivity index (χ1v) is 6.05. The number of thioether (sulfide) groups is 1. The van der Waals surface area contributed by atoms with Gasteiger partial charge in [-0.25, -0.2) is 0 Å². The number of hydrogen-bond donors (Lipinski definition) is 1.